The summed E-state index contributed by atoms with van der Waals surface area (Å²) >= 11 is 0. The van der Waals surface area contributed by atoms with E-state index in [9.17, 15) is 4.79 Å². The van der Waals surface area contributed by atoms with Crippen LogP contribution in [0.15, 0.2) is 41.0 Å². The monoisotopic (exact) mass is 298 g/mol. The minimum atomic E-state index is -0.0394. The lowest BCUT2D eigenvalue weighted by Crippen LogP contribution is -2.19. The maximum absolute atomic E-state index is 11.8. The molecule has 0 aliphatic rings. The number of benzene rings is 1. The second-order valence-electron chi connectivity index (χ2n) is 5.36. The highest BCUT2D eigenvalue weighted by Crippen LogP contribution is 2.23. The molecule has 114 valence electrons. The largest absolute Gasteiger partial charge is 0.461 e. The molecule has 0 saturated heterocycles. The van der Waals surface area contributed by atoms with E-state index in [0.29, 0.717) is 24.4 Å². The minimum absolute atomic E-state index is 0.0247. The van der Waals surface area contributed by atoms with Crippen LogP contribution in [0.2, 0.25) is 0 Å². The first-order valence-electron chi connectivity index (χ1n) is 7.21. The van der Waals surface area contributed by atoms with Crippen LogP contribution in [0.25, 0.3) is 22.6 Å². The van der Waals surface area contributed by atoms with Gasteiger partial charge in [0.05, 0.1) is 17.3 Å². The summed E-state index contributed by atoms with van der Waals surface area (Å²) in [6.07, 6.45) is 2.68. The van der Waals surface area contributed by atoms with Crippen LogP contribution in [0, 0.1) is 0 Å². The maximum atomic E-state index is 11.8. The molecule has 1 atom stereocenters. The SMILES string of the molecule is CC(N)CCC(=O)Nc1ccc2nc(-c3ccco3)[nH]c2c1. The van der Waals surface area contributed by atoms with Crippen LogP contribution in [0.3, 0.4) is 0 Å². The van der Waals surface area contributed by atoms with Crippen LogP contribution in [-0.4, -0.2) is 21.9 Å². The number of nitrogens with zero attached hydrogens (tertiary/aromatic N) is 1. The van der Waals surface area contributed by atoms with Gasteiger partial charge in [-0.25, -0.2) is 4.98 Å². The van der Waals surface area contributed by atoms with Gasteiger partial charge in [0.25, 0.3) is 0 Å². The highest BCUT2D eigenvalue weighted by atomic mass is 16.3. The number of imidazole rings is 1. The Morgan fingerprint density at radius 3 is 3.05 bits per heavy atom. The summed E-state index contributed by atoms with van der Waals surface area (Å²) in [4.78, 5) is 19.5. The van der Waals surface area contributed by atoms with Crippen molar-refractivity contribution in [3.05, 3.63) is 36.6 Å². The van der Waals surface area contributed by atoms with Gasteiger partial charge in [-0.1, -0.05) is 0 Å². The highest BCUT2D eigenvalue weighted by molar-refractivity contribution is 5.93. The first kappa shape index (κ1) is 14.3. The Kier molecular flexibility index (Phi) is 3.93. The lowest BCUT2D eigenvalue weighted by atomic mass is 10.2. The van der Waals surface area contributed by atoms with Gasteiger partial charge in [0, 0.05) is 18.2 Å². The van der Waals surface area contributed by atoms with Gasteiger partial charge >= 0.3 is 0 Å². The van der Waals surface area contributed by atoms with Gasteiger partial charge in [-0.2, -0.15) is 0 Å². The number of fused-ring (bicyclic) bond motifs is 1. The molecule has 0 bridgehead atoms. The minimum Gasteiger partial charge on any atom is -0.461 e. The smallest absolute Gasteiger partial charge is 0.224 e. The average molecular weight is 298 g/mol. The van der Waals surface area contributed by atoms with E-state index in [4.69, 9.17) is 10.2 Å². The van der Waals surface area contributed by atoms with Gasteiger partial charge in [0.1, 0.15) is 0 Å². The predicted octanol–water partition coefficient (Wildman–Crippen LogP) is 2.89. The third-order valence-corrected chi connectivity index (χ3v) is 3.35. The van der Waals surface area contributed by atoms with Gasteiger partial charge in [0.2, 0.25) is 5.91 Å². The topological polar surface area (TPSA) is 96.9 Å². The summed E-state index contributed by atoms with van der Waals surface area (Å²) in [5.41, 5.74) is 8.05. The normalized spacial score (nSPS) is 12.5. The number of furan rings is 1. The van der Waals surface area contributed by atoms with E-state index >= 15 is 0 Å². The van der Waals surface area contributed by atoms with Crippen LogP contribution >= 0.6 is 0 Å². The van der Waals surface area contributed by atoms with Crippen molar-refractivity contribution < 1.29 is 9.21 Å². The summed E-state index contributed by atoms with van der Waals surface area (Å²) in [5.74, 6) is 1.31. The Balaban J connectivity index is 1.77. The summed E-state index contributed by atoms with van der Waals surface area (Å²) in [6, 6.07) is 9.23. The number of carbonyl (C=O) groups is 1. The first-order valence-corrected chi connectivity index (χ1v) is 7.21. The molecule has 1 unspecified atom stereocenters. The number of H-pyrrole nitrogens is 1. The lowest BCUT2D eigenvalue weighted by Gasteiger charge is -2.06. The molecule has 3 rings (SSSR count). The van der Waals surface area contributed by atoms with Crippen molar-refractivity contribution in [1.29, 1.82) is 0 Å². The number of aromatic amines is 1. The number of anilines is 1. The molecule has 6 heteroatoms. The van der Waals surface area contributed by atoms with Crippen LogP contribution in [0.4, 0.5) is 5.69 Å². The van der Waals surface area contributed by atoms with Gasteiger partial charge in [-0.3, -0.25) is 4.79 Å². The van der Waals surface area contributed by atoms with Crippen molar-refractivity contribution in [2.75, 3.05) is 5.32 Å². The Hall–Kier alpha value is -2.60. The van der Waals surface area contributed by atoms with Crippen molar-refractivity contribution >= 4 is 22.6 Å². The first-order chi connectivity index (χ1) is 10.6. The Bertz CT molecular complexity index is 775. The molecule has 2 aromatic heterocycles. The van der Waals surface area contributed by atoms with Crippen molar-refractivity contribution in [2.24, 2.45) is 5.73 Å². The molecular weight excluding hydrogens is 280 g/mol. The summed E-state index contributed by atoms with van der Waals surface area (Å²) in [5, 5.41) is 2.87. The molecule has 0 aliphatic heterocycles. The third-order valence-electron chi connectivity index (χ3n) is 3.35. The molecule has 2 heterocycles. The van der Waals surface area contributed by atoms with E-state index in [0.717, 1.165) is 16.7 Å². The number of amides is 1. The number of nitrogens with two attached hydrogens (primary N) is 1. The molecule has 3 aromatic rings. The van der Waals surface area contributed by atoms with E-state index < -0.39 is 0 Å². The fourth-order valence-electron chi connectivity index (χ4n) is 2.20. The number of hydrogen-bond acceptors (Lipinski definition) is 4. The van der Waals surface area contributed by atoms with Crippen molar-refractivity contribution in [2.45, 2.75) is 25.8 Å². The third kappa shape index (κ3) is 3.17. The van der Waals surface area contributed by atoms with Crippen LogP contribution in [-0.2, 0) is 4.79 Å². The molecule has 0 radical (unpaired) electrons. The number of hydrogen-bond donors (Lipinski definition) is 3. The second-order valence-corrected chi connectivity index (χ2v) is 5.36. The standard InChI is InChI=1S/C16H18N4O2/c1-10(17)4-7-15(21)18-11-5-6-12-13(9-11)20-16(19-12)14-3-2-8-22-14/h2-3,5-6,8-10H,4,7,17H2,1H3,(H,18,21)(H,19,20). The fourth-order valence-corrected chi connectivity index (χ4v) is 2.20. The van der Waals surface area contributed by atoms with Crippen molar-refractivity contribution in [1.82, 2.24) is 9.97 Å². The van der Waals surface area contributed by atoms with E-state index in [-0.39, 0.29) is 11.9 Å². The molecular formula is C16H18N4O2. The summed E-state index contributed by atoms with van der Waals surface area (Å²) in [7, 11) is 0. The van der Waals surface area contributed by atoms with Gasteiger partial charge in [-0.05, 0) is 43.7 Å². The van der Waals surface area contributed by atoms with Crippen LogP contribution in [0.1, 0.15) is 19.8 Å². The number of carbonyl (C=O) groups excluding carboxylic acids is 1. The molecule has 1 aromatic carbocycles. The van der Waals surface area contributed by atoms with Crippen LogP contribution in [0.5, 0.6) is 0 Å². The van der Waals surface area contributed by atoms with Crippen molar-refractivity contribution in [3.63, 3.8) is 0 Å². The summed E-state index contributed by atoms with van der Waals surface area (Å²) in [6.45, 7) is 1.89. The quantitative estimate of drug-likeness (QED) is 0.674. The number of aromatic nitrogens is 2. The maximum Gasteiger partial charge on any atom is 0.224 e. The zero-order chi connectivity index (χ0) is 15.5. The molecule has 6 nitrogen and oxygen atoms in total. The summed E-state index contributed by atoms with van der Waals surface area (Å²) < 4.78 is 5.32. The van der Waals surface area contributed by atoms with E-state index in [1.165, 1.54) is 0 Å². The highest BCUT2D eigenvalue weighted by Gasteiger charge is 2.09. The molecule has 0 fully saturated rings. The van der Waals surface area contributed by atoms with E-state index in [2.05, 4.69) is 15.3 Å². The zero-order valence-electron chi connectivity index (χ0n) is 12.3. The fraction of sp³-hybridized carbons (Fsp3) is 0.250. The number of rotatable bonds is 5. The molecule has 1 amide bonds. The molecule has 0 saturated carbocycles. The second kappa shape index (κ2) is 6.03. The van der Waals surface area contributed by atoms with Crippen LogP contribution < -0.4 is 11.1 Å². The van der Waals surface area contributed by atoms with Crippen molar-refractivity contribution in [3.8, 4) is 11.6 Å². The lowest BCUT2D eigenvalue weighted by molar-refractivity contribution is -0.116. The van der Waals surface area contributed by atoms with Gasteiger partial charge in [0.15, 0.2) is 11.6 Å². The Morgan fingerprint density at radius 1 is 1.45 bits per heavy atom. The van der Waals surface area contributed by atoms with E-state index in [1.807, 2.05) is 37.3 Å². The average Bonchev–Trinajstić information content (AvgIpc) is 3.13. The molecule has 4 N–H and O–H groups in total. The van der Waals surface area contributed by atoms with E-state index in [1.54, 1.807) is 6.26 Å². The zero-order valence-corrected chi connectivity index (χ0v) is 12.3. The van der Waals surface area contributed by atoms with Gasteiger partial charge < -0.3 is 20.5 Å². The Morgan fingerprint density at radius 2 is 2.32 bits per heavy atom. The molecule has 0 aliphatic carbocycles. The predicted molar refractivity (Wildman–Crippen MR) is 85.3 cm³/mol. The number of nitrogens with one attached hydrogen (secondary N) is 2. The van der Waals surface area contributed by atoms with Gasteiger partial charge in [-0.15, -0.1) is 0 Å². The molecule has 0 spiro atoms. The molecule has 22 heavy (non-hydrogen) atoms. The Labute approximate surface area is 127 Å².